The summed E-state index contributed by atoms with van der Waals surface area (Å²) in [6.07, 6.45) is -1.19. The molecule has 0 aliphatic rings. The predicted molar refractivity (Wildman–Crippen MR) is 65.2 cm³/mol. The Labute approximate surface area is 101 Å². The highest BCUT2D eigenvalue weighted by Gasteiger charge is 2.30. The Morgan fingerprint density at radius 1 is 1.38 bits per heavy atom. The first-order chi connectivity index (χ1) is 7.40. The minimum Gasteiger partial charge on any atom is -0.386 e. The molecule has 90 valence electrons. The zero-order chi connectivity index (χ0) is 12.3. The Morgan fingerprint density at radius 3 is 2.44 bits per heavy atom. The highest BCUT2D eigenvalue weighted by Crippen LogP contribution is 2.27. The molecule has 0 heterocycles. The summed E-state index contributed by atoms with van der Waals surface area (Å²) in [6.45, 7) is 3.32. The van der Waals surface area contributed by atoms with Gasteiger partial charge in [0.2, 0.25) is 0 Å². The molecule has 3 nitrogen and oxygen atoms in total. The van der Waals surface area contributed by atoms with Gasteiger partial charge in [0.05, 0.1) is 0 Å². The quantitative estimate of drug-likeness (QED) is 0.845. The maximum Gasteiger partial charge on any atom is 0.169 e. The highest BCUT2D eigenvalue weighted by molar-refractivity contribution is 7.93. The van der Waals surface area contributed by atoms with Crippen LogP contribution >= 0.6 is 11.6 Å². The lowest BCUT2D eigenvalue weighted by Gasteiger charge is -2.18. The maximum absolute atomic E-state index is 11.5. The first-order valence-corrected chi connectivity index (χ1v) is 7.14. The van der Waals surface area contributed by atoms with Crippen LogP contribution in [0.3, 0.4) is 0 Å². The summed E-state index contributed by atoms with van der Waals surface area (Å²) in [4.78, 5) is 0. The van der Waals surface area contributed by atoms with E-state index in [0.717, 1.165) is 5.56 Å². The van der Waals surface area contributed by atoms with Crippen molar-refractivity contribution in [1.29, 1.82) is 0 Å². The zero-order valence-corrected chi connectivity index (χ0v) is 10.8. The average Bonchev–Trinajstić information content (AvgIpc) is 2.27. The lowest BCUT2D eigenvalue weighted by Crippen LogP contribution is -2.25. The van der Waals surface area contributed by atoms with E-state index in [1.54, 1.807) is 25.1 Å². The van der Waals surface area contributed by atoms with Crippen LogP contribution in [0.15, 0.2) is 24.3 Å². The van der Waals surface area contributed by atoms with Crippen molar-refractivity contribution < 1.29 is 13.5 Å². The second-order valence-electron chi connectivity index (χ2n) is 3.60. The summed E-state index contributed by atoms with van der Waals surface area (Å²) in [5, 5.41) is 9.93. The average molecular weight is 263 g/mol. The van der Waals surface area contributed by atoms with E-state index in [2.05, 4.69) is 0 Å². The molecule has 2 atom stereocenters. The van der Waals surface area contributed by atoms with E-state index in [-0.39, 0.29) is 5.75 Å². The first-order valence-electron chi connectivity index (χ1n) is 4.99. The summed E-state index contributed by atoms with van der Waals surface area (Å²) in [5.41, 5.74) is 1.38. The molecule has 0 aliphatic heterocycles. The van der Waals surface area contributed by atoms with E-state index in [0.29, 0.717) is 5.56 Å². The van der Waals surface area contributed by atoms with E-state index in [1.807, 2.05) is 6.07 Å². The van der Waals surface area contributed by atoms with Crippen molar-refractivity contribution in [3.8, 4) is 0 Å². The van der Waals surface area contributed by atoms with Gasteiger partial charge in [-0.15, -0.1) is 11.6 Å². The van der Waals surface area contributed by atoms with Gasteiger partial charge < -0.3 is 5.11 Å². The van der Waals surface area contributed by atoms with E-state index >= 15 is 0 Å². The number of benzene rings is 1. The van der Waals surface area contributed by atoms with Crippen molar-refractivity contribution in [3.63, 3.8) is 0 Å². The number of rotatable bonds is 4. The van der Waals surface area contributed by atoms with Gasteiger partial charge in [0, 0.05) is 5.75 Å². The normalized spacial score (nSPS) is 15.8. The molecule has 1 aromatic carbocycles. The van der Waals surface area contributed by atoms with Crippen molar-refractivity contribution in [1.82, 2.24) is 0 Å². The minimum absolute atomic E-state index is 0.0793. The number of hydrogen-bond acceptors (Lipinski definition) is 3. The molecule has 1 N–H and O–H groups in total. The molecule has 5 heteroatoms. The molecule has 16 heavy (non-hydrogen) atoms. The van der Waals surface area contributed by atoms with Crippen molar-refractivity contribution in [3.05, 3.63) is 35.4 Å². The van der Waals surface area contributed by atoms with Gasteiger partial charge >= 0.3 is 0 Å². The van der Waals surface area contributed by atoms with Gasteiger partial charge in [-0.25, -0.2) is 8.42 Å². The molecule has 0 bridgehead atoms. The number of halogens is 1. The predicted octanol–water partition coefficient (Wildman–Crippen LogP) is 2.03. The van der Waals surface area contributed by atoms with Gasteiger partial charge in [0.25, 0.3) is 0 Å². The largest absolute Gasteiger partial charge is 0.386 e. The monoisotopic (exact) mass is 262 g/mol. The molecule has 0 saturated carbocycles. The fourth-order valence-corrected chi connectivity index (χ4v) is 2.79. The first kappa shape index (κ1) is 13.5. The Hall–Kier alpha value is -0.580. The summed E-state index contributed by atoms with van der Waals surface area (Å²) in [5.74, 6) is -0.0793. The van der Waals surface area contributed by atoms with Crippen molar-refractivity contribution in [2.24, 2.45) is 0 Å². The smallest absolute Gasteiger partial charge is 0.169 e. The van der Waals surface area contributed by atoms with Crippen LogP contribution in [0.5, 0.6) is 0 Å². The van der Waals surface area contributed by atoms with Crippen LogP contribution < -0.4 is 0 Å². The van der Waals surface area contributed by atoms with Crippen LogP contribution in [0.1, 0.15) is 24.2 Å². The molecular weight excluding hydrogens is 248 g/mol. The van der Waals surface area contributed by atoms with Crippen LogP contribution in [0.2, 0.25) is 0 Å². The lowest BCUT2D eigenvalue weighted by atomic mass is 10.0. The molecule has 1 rings (SSSR count). The molecule has 0 amide bonds. The molecule has 0 saturated heterocycles. The van der Waals surface area contributed by atoms with Gasteiger partial charge in [-0.1, -0.05) is 31.2 Å². The highest BCUT2D eigenvalue weighted by atomic mass is 35.5. The summed E-state index contributed by atoms with van der Waals surface area (Å²) in [6, 6.07) is 7.05. The molecule has 0 radical (unpaired) electrons. The van der Waals surface area contributed by atoms with E-state index in [4.69, 9.17) is 11.6 Å². The maximum atomic E-state index is 11.5. The van der Waals surface area contributed by atoms with Gasteiger partial charge in [0.1, 0.15) is 6.10 Å². The second-order valence-corrected chi connectivity index (χ2v) is 6.74. The number of aryl methyl sites for hydroxylation is 1. The third-order valence-corrected chi connectivity index (χ3v) is 5.30. The molecule has 0 spiro atoms. The molecule has 0 fully saturated rings. The van der Waals surface area contributed by atoms with Gasteiger partial charge in [-0.2, -0.15) is 0 Å². The Kier molecular flexibility index (Phi) is 4.35. The second kappa shape index (κ2) is 5.17. The van der Waals surface area contributed by atoms with E-state index < -0.39 is 20.7 Å². The number of hydrogen-bond donors (Lipinski definition) is 1. The van der Waals surface area contributed by atoms with Crippen LogP contribution in [-0.2, 0) is 9.84 Å². The minimum atomic E-state index is -3.45. The van der Waals surface area contributed by atoms with E-state index in [9.17, 15) is 13.5 Å². The van der Waals surface area contributed by atoms with Crippen LogP contribution in [0.4, 0.5) is 0 Å². The number of alkyl halides is 1. The van der Waals surface area contributed by atoms with Crippen LogP contribution in [0, 0.1) is 6.92 Å². The molecule has 1 aromatic rings. The zero-order valence-electron chi connectivity index (χ0n) is 9.22. The molecular formula is C11H15ClO3S. The number of sulfone groups is 1. The Morgan fingerprint density at radius 2 is 1.94 bits per heavy atom. The third-order valence-electron chi connectivity index (χ3n) is 2.50. The topological polar surface area (TPSA) is 54.4 Å². The van der Waals surface area contributed by atoms with Gasteiger partial charge in [-0.05, 0) is 18.1 Å². The molecule has 0 unspecified atom stereocenters. The molecule has 0 aliphatic carbocycles. The molecule has 0 aromatic heterocycles. The number of aliphatic hydroxyl groups excluding tert-OH is 1. The van der Waals surface area contributed by atoms with Gasteiger partial charge in [0.15, 0.2) is 14.5 Å². The summed E-state index contributed by atoms with van der Waals surface area (Å²) >= 11 is 5.79. The standard InChI is InChI=1S/C11H15ClO3S/c1-3-16(14,15)11(12)10(13)9-7-5-4-6-8(9)2/h4-7,10-11,13H,3H2,1-2H3/t10-,11+/m1/s1. The summed E-state index contributed by atoms with van der Waals surface area (Å²) < 4.78 is 21.8. The van der Waals surface area contributed by atoms with Crippen molar-refractivity contribution >= 4 is 21.4 Å². The van der Waals surface area contributed by atoms with Crippen LogP contribution in [0.25, 0.3) is 0 Å². The lowest BCUT2D eigenvalue weighted by molar-refractivity contribution is 0.191. The van der Waals surface area contributed by atoms with E-state index in [1.165, 1.54) is 6.92 Å². The summed E-state index contributed by atoms with van der Waals surface area (Å²) in [7, 11) is -3.45. The number of aliphatic hydroxyl groups is 1. The van der Waals surface area contributed by atoms with Crippen LogP contribution in [-0.4, -0.2) is 24.0 Å². The third kappa shape index (κ3) is 2.75. The van der Waals surface area contributed by atoms with Crippen molar-refractivity contribution in [2.45, 2.75) is 24.7 Å². The van der Waals surface area contributed by atoms with Crippen molar-refractivity contribution in [2.75, 3.05) is 5.75 Å². The Balaban J connectivity index is 3.04. The SMILES string of the molecule is CCS(=O)(=O)[C@H](Cl)[C@H](O)c1ccccc1C. The van der Waals surface area contributed by atoms with Gasteiger partial charge in [-0.3, -0.25) is 0 Å². The fourth-order valence-electron chi connectivity index (χ4n) is 1.42. The fraction of sp³-hybridized carbons (Fsp3) is 0.455. The Bertz CT molecular complexity index is 456.